The molecule has 8 heteroatoms. The van der Waals surface area contributed by atoms with Crippen molar-refractivity contribution in [2.24, 2.45) is 0 Å². The van der Waals surface area contributed by atoms with Crippen molar-refractivity contribution in [3.05, 3.63) is 42.0 Å². The van der Waals surface area contributed by atoms with Crippen molar-refractivity contribution in [3.8, 4) is 5.69 Å². The summed E-state index contributed by atoms with van der Waals surface area (Å²) in [4.78, 5) is 18.9. The minimum absolute atomic E-state index is 0.0295. The number of hydrogen-bond donors (Lipinski definition) is 1. The number of amides is 1. The number of para-hydroxylation sites is 1. The summed E-state index contributed by atoms with van der Waals surface area (Å²) >= 11 is 0. The number of sulfonamides is 1. The summed E-state index contributed by atoms with van der Waals surface area (Å²) < 4.78 is 29.0. The third-order valence-electron chi connectivity index (χ3n) is 4.08. The van der Waals surface area contributed by atoms with Crippen LogP contribution in [0.3, 0.4) is 0 Å². The molecule has 1 aromatic carbocycles. The molecule has 1 amide bonds. The van der Waals surface area contributed by atoms with Gasteiger partial charge in [-0.25, -0.2) is 18.1 Å². The highest BCUT2D eigenvalue weighted by atomic mass is 32.2. The Morgan fingerprint density at radius 3 is 2.79 bits per heavy atom. The van der Waals surface area contributed by atoms with Gasteiger partial charge in [-0.3, -0.25) is 9.36 Å². The zero-order chi connectivity index (χ0) is 17.3. The first kappa shape index (κ1) is 16.7. The van der Waals surface area contributed by atoms with Crippen LogP contribution in [-0.2, 0) is 16.6 Å². The van der Waals surface area contributed by atoms with E-state index >= 15 is 0 Å². The maximum Gasteiger partial charge on any atom is 0.274 e. The van der Waals surface area contributed by atoms with Crippen LogP contribution in [0, 0.1) is 0 Å². The molecule has 24 heavy (non-hydrogen) atoms. The monoisotopic (exact) mass is 348 g/mol. The first-order chi connectivity index (χ1) is 11.5. The molecule has 0 spiro atoms. The second-order valence-corrected chi connectivity index (χ2v) is 7.32. The van der Waals surface area contributed by atoms with Crippen molar-refractivity contribution in [2.45, 2.75) is 31.7 Å². The zero-order valence-electron chi connectivity index (χ0n) is 13.7. The summed E-state index contributed by atoms with van der Waals surface area (Å²) in [6.45, 7) is 5.18. The largest absolute Gasteiger partial charge is 0.338 e. The number of aromatic nitrogens is 2. The Balaban J connectivity index is 2.11. The Labute approximate surface area is 141 Å². The quantitative estimate of drug-likeness (QED) is 0.908. The summed E-state index contributed by atoms with van der Waals surface area (Å²) in [7, 11) is -3.62. The second-order valence-electron chi connectivity index (χ2n) is 5.59. The zero-order valence-corrected chi connectivity index (χ0v) is 14.5. The fourth-order valence-electron chi connectivity index (χ4n) is 2.88. The molecule has 3 rings (SSSR count). The van der Waals surface area contributed by atoms with Crippen LogP contribution in [0.15, 0.2) is 35.5 Å². The van der Waals surface area contributed by atoms with Crippen LogP contribution in [0.2, 0.25) is 0 Å². The molecule has 2 aromatic rings. The van der Waals surface area contributed by atoms with Crippen molar-refractivity contribution in [1.29, 1.82) is 0 Å². The van der Waals surface area contributed by atoms with Gasteiger partial charge in [-0.05, 0) is 25.5 Å². The number of imidazole rings is 1. The molecule has 0 fully saturated rings. The normalized spacial score (nSPS) is 15.2. The number of rotatable bonds is 4. The molecule has 0 saturated heterocycles. The highest BCUT2D eigenvalue weighted by Crippen LogP contribution is 2.26. The number of fused-ring (bicyclic) bond motifs is 3. The number of hydrogen-bond acceptors (Lipinski definition) is 4. The molecule has 0 saturated carbocycles. The van der Waals surface area contributed by atoms with E-state index in [-0.39, 0.29) is 17.3 Å². The fraction of sp³-hybridized carbons (Fsp3) is 0.375. The van der Waals surface area contributed by atoms with Gasteiger partial charge in [-0.1, -0.05) is 19.1 Å². The van der Waals surface area contributed by atoms with Crippen molar-refractivity contribution in [1.82, 2.24) is 19.2 Å². The van der Waals surface area contributed by atoms with Gasteiger partial charge in [0.25, 0.3) is 5.91 Å². The maximum absolute atomic E-state index is 12.8. The minimum atomic E-state index is -3.62. The molecule has 1 aliphatic rings. The van der Waals surface area contributed by atoms with Crippen LogP contribution >= 0.6 is 0 Å². The lowest BCUT2D eigenvalue weighted by molar-refractivity contribution is 0.0757. The summed E-state index contributed by atoms with van der Waals surface area (Å²) in [6, 6.07) is 6.69. The standard InChI is InChI=1S/C16H20N4O3S/c1-3-9-19(4-2)16(21)15-13-10-18-24(22,23)14-8-6-5-7-12(14)20(13)11-17-15/h5-8,11,18H,3-4,9-10H2,1-2H3. The van der Waals surface area contributed by atoms with Gasteiger partial charge < -0.3 is 4.90 Å². The number of benzene rings is 1. The van der Waals surface area contributed by atoms with Crippen LogP contribution in [-0.4, -0.2) is 41.9 Å². The molecule has 1 aliphatic heterocycles. The van der Waals surface area contributed by atoms with E-state index in [9.17, 15) is 13.2 Å². The van der Waals surface area contributed by atoms with Crippen molar-refractivity contribution >= 4 is 15.9 Å². The summed E-state index contributed by atoms with van der Waals surface area (Å²) in [5.41, 5.74) is 1.36. The Morgan fingerprint density at radius 1 is 1.33 bits per heavy atom. The van der Waals surface area contributed by atoms with Crippen LogP contribution < -0.4 is 4.72 Å². The van der Waals surface area contributed by atoms with Gasteiger partial charge >= 0.3 is 0 Å². The van der Waals surface area contributed by atoms with Gasteiger partial charge in [0.2, 0.25) is 10.0 Å². The number of nitrogens with zero attached hydrogens (tertiary/aromatic N) is 3. The van der Waals surface area contributed by atoms with Crippen molar-refractivity contribution in [2.75, 3.05) is 13.1 Å². The molecule has 0 unspecified atom stereocenters. The van der Waals surface area contributed by atoms with Gasteiger partial charge in [-0.15, -0.1) is 0 Å². The van der Waals surface area contributed by atoms with E-state index in [1.54, 1.807) is 33.7 Å². The fourth-order valence-corrected chi connectivity index (χ4v) is 4.06. The summed E-state index contributed by atoms with van der Waals surface area (Å²) in [5.74, 6) is -0.174. The number of carbonyl (C=O) groups excluding carboxylic acids is 1. The van der Waals surface area contributed by atoms with E-state index in [4.69, 9.17) is 0 Å². The van der Waals surface area contributed by atoms with Crippen LogP contribution in [0.5, 0.6) is 0 Å². The Bertz CT molecular complexity index is 873. The lowest BCUT2D eigenvalue weighted by Gasteiger charge is -2.19. The molecule has 1 N–H and O–H groups in total. The second kappa shape index (κ2) is 6.37. The van der Waals surface area contributed by atoms with Gasteiger partial charge in [0.05, 0.1) is 17.9 Å². The average Bonchev–Trinajstić information content (AvgIpc) is 2.96. The average molecular weight is 348 g/mol. The van der Waals surface area contributed by atoms with Crippen LogP contribution in [0.1, 0.15) is 36.5 Å². The lowest BCUT2D eigenvalue weighted by Crippen LogP contribution is -2.33. The third kappa shape index (κ3) is 2.71. The topological polar surface area (TPSA) is 84.3 Å². The first-order valence-corrected chi connectivity index (χ1v) is 9.42. The van der Waals surface area contributed by atoms with Gasteiger partial charge in [0.15, 0.2) is 5.69 Å². The molecule has 2 heterocycles. The van der Waals surface area contributed by atoms with Gasteiger partial charge in [0.1, 0.15) is 11.2 Å². The van der Waals surface area contributed by atoms with E-state index in [0.717, 1.165) is 6.42 Å². The predicted octanol–water partition coefficient (Wildman–Crippen LogP) is 1.54. The van der Waals surface area contributed by atoms with E-state index in [1.807, 2.05) is 13.8 Å². The van der Waals surface area contributed by atoms with E-state index < -0.39 is 10.0 Å². The third-order valence-corrected chi connectivity index (χ3v) is 5.52. The molecule has 0 radical (unpaired) electrons. The van der Waals surface area contributed by atoms with Gasteiger partial charge in [-0.2, -0.15) is 0 Å². The molecule has 0 bridgehead atoms. The van der Waals surface area contributed by atoms with Crippen LogP contribution in [0.25, 0.3) is 5.69 Å². The lowest BCUT2D eigenvalue weighted by atomic mass is 10.2. The van der Waals surface area contributed by atoms with Crippen molar-refractivity contribution < 1.29 is 13.2 Å². The minimum Gasteiger partial charge on any atom is -0.338 e. The van der Waals surface area contributed by atoms with E-state index in [2.05, 4.69) is 9.71 Å². The molecule has 7 nitrogen and oxygen atoms in total. The molecule has 1 aromatic heterocycles. The Morgan fingerprint density at radius 2 is 2.08 bits per heavy atom. The highest BCUT2D eigenvalue weighted by Gasteiger charge is 2.29. The summed E-state index contributed by atoms with van der Waals surface area (Å²) in [6.07, 6.45) is 2.37. The summed E-state index contributed by atoms with van der Waals surface area (Å²) in [5, 5.41) is 0. The number of carbonyl (C=O) groups is 1. The number of nitrogens with one attached hydrogen (secondary N) is 1. The highest BCUT2D eigenvalue weighted by molar-refractivity contribution is 7.89. The molecule has 0 aliphatic carbocycles. The van der Waals surface area contributed by atoms with Gasteiger partial charge in [0, 0.05) is 13.1 Å². The molecular formula is C16H20N4O3S. The Kier molecular flexibility index (Phi) is 4.42. The smallest absolute Gasteiger partial charge is 0.274 e. The molecule has 128 valence electrons. The van der Waals surface area contributed by atoms with E-state index in [1.165, 1.54) is 6.33 Å². The molecular weight excluding hydrogens is 328 g/mol. The first-order valence-electron chi connectivity index (χ1n) is 7.94. The van der Waals surface area contributed by atoms with Crippen molar-refractivity contribution in [3.63, 3.8) is 0 Å². The molecule has 0 atom stereocenters. The SMILES string of the molecule is CCCN(CC)C(=O)c1ncn2c1CNS(=O)(=O)c1ccccc1-2. The van der Waals surface area contributed by atoms with Crippen LogP contribution in [0.4, 0.5) is 0 Å². The Hall–Kier alpha value is -2.19. The predicted molar refractivity (Wildman–Crippen MR) is 89.5 cm³/mol. The van der Waals surface area contributed by atoms with E-state index in [0.29, 0.717) is 30.2 Å². The maximum atomic E-state index is 12.8.